The first kappa shape index (κ1) is 7.79. The van der Waals surface area contributed by atoms with Gasteiger partial charge in [-0.15, -0.1) is 0 Å². The van der Waals surface area contributed by atoms with Gasteiger partial charge in [0.2, 0.25) is 5.71 Å². The van der Waals surface area contributed by atoms with Crippen molar-refractivity contribution in [3.05, 3.63) is 30.2 Å². The second-order valence-electron chi connectivity index (χ2n) is 2.50. The van der Waals surface area contributed by atoms with E-state index in [0.717, 1.165) is 0 Å². The molecule has 0 saturated heterocycles. The average Bonchev–Trinajstić information content (AvgIpc) is 2.60. The Morgan fingerprint density at radius 2 is 2.46 bits per heavy atom. The monoisotopic (exact) mass is 177 g/mol. The largest absolute Gasteiger partial charge is 0.465 e. The van der Waals surface area contributed by atoms with Gasteiger partial charge < -0.3 is 9.15 Å². The van der Waals surface area contributed by atoms with Gasteiger partial charge in [-0.25, -0.2) is 9.78 Å². The molecule has 0 amide bonds. The van der Waals surface area contributed by atoms with Crippen LogP contribution in [0.4, 0.5) is 0 Å². The Morgan fingerprint density at radius 1 is 1.62 bits per heavy atom. The lowest BCUT2D eigenvalue weighted by Gasteiger charge is -1.93. The number of aromatic nitrogens is 1. The third kappa shape index (κ3) is 1.16. The van der Waals surface area contributed by atoms with E-state index in [-0.39, 0.29) is 0 Å². The van der Waals surface area contributed by atoms with Crippen molar-refractivity contribution in [3.63, 3.8) is 0 Å². The zero-order chi connectivity index (χ0) is 9.26. The highest BCUT2D eigenvalue weighted by atomic mass is 16.5. The second-order valence-corrected chi connectivity index (χ2v) is 2.50. The van der Waals surface area contributed by atoms with Crippen LogP contribution in [0.1, 0.15) is 10.4 Å². The van der Waals surface area contributed by atoms with E-state index < -0.39 is 5.97 Å². The molecule has 4 heteroatoms. The highest BCUT2D eigenvalue weighted by Crippen LogP contribution is 2.18. The molecule has 0 aromatic carbocycles. The van der Waals surface area contributed by atoms with E-state index in [4.69, 9.17) is 4.42 Å². The molecule has 0 unspecified atom stereocenters. The molecule has 2 aromatic rings. The fourth-order valence-corrected chi connectivity index (χ4v) is 1.14. The lowest BCUT2D eigenvalue weighted by Crippen LogP contribution is -1.99. The molecule has 4 nitrogen and oxygen atoms in total. The molecule has 0 radical (unpaired) electrons. The number of pyridine rings is 1. The predicted molar refractivity (Wildman–Crippen MR) is 45.3 cm³/mol. The Hall–Kier alpha value is -1.84. The van der Waals surface area contributed by atoms with Gasteiger partial charge in [0.25, 0.3) is 0 Å². The molecule has 0 saturated carbocycles. The van der Waals surface area contributed by atoms with Crippen LogP contribution in [0.5, 0.6) is 0 Å². The summed E-state index contributed by atoms with van der Waals surface area (Å²) in [5.41, 5.74) is 0.855. The van der Waals surface area contributed by atoms with Gasteiger partial charge in [0.05, 0.1) is 12.5 Å². The highest BCUT2D eigenvalue weighted by molar-refractivity contribution is 6.02. The van der Waals surface area contributed by atoms with E-state index in [2.05, 4.69) is 9.72 Å². The molecule has 2 rings (SSSR count). The number of fused-ring (bicyclic) bond motifs is 1. The van der Waals surface area contributed by atoms with Crippen molar-refractivity contribution in [1.29, 1.82) is 0 Å². The van der Waals surface area contributed by atoms with Crippen LogP contribution in [0, 0.1) is 0 Å². The van der Waals surface area contributed by atoms with Crippen LogP contribution < -0.4 is 0 Å². The normalized spacial score (nSPS) is 10.2. The third-order valence-corrected chi connectivity index (χ3v) is 1.76. The molecule has 0 fully saturated rings. The smallest absolute Gasteiger partial charge is 0.341 e. The first-order chi connectivity index (χ1) is 6.33. The maximum atomic E-state index is 11.2. The fourth-order valence-electron chi connectivity index (χ4n) is 1.14. The van der Waals surface area contributed by atoms with Gasteiger partial charge in [-0.3, -0.25) is 0 Å². The number of carbonyl (C=O) groups is 1. The van der Waals surface area contributed by atoms with Crippen LogP contribution in [-0.4, -0.2) is 18.1 Å². The van der Waals surface area contributed by atoms with E-state index in [1.807, 2.05) is 0 Å². The quantitative estimate of drug-likeness (QED) is 0.621. The molecule has 0 atom stereocenters. The molecule has 0 aliphatic carbocycles. The summed E-state index contributed by atoms with van der Waals surface area (Å²) < 4.78 is 9.64. The van der Waals surface area contributed by atoms with Crippen LogP contribution >= 0.6 is 0 Å². The maximum Gasteiger partial charge on any atom is 0.341 e. The molecule has 0 N–H and O–H groups in total. The molecular formula is C9H7NO3. The maximum absolute atomic E-state index is 11.2. The van der Waals surface area contributed by atoms with Crippen molar-refractivity contribution < 1.29 is 13.9 Å². The van der Waals surface area contributed by atoms with Gasteiger partial charge >= 0.3 is 5.97 Å². The zero-order valence-electron chi connectivity index (χ0n) is 6.98. The van der Waals surface area contributed by atoms with E-state index in [9.17, 15) is 4.79 Å². The minimum Gasteiger partial charge on any atom is -0.465 e. The first-order valence-electron chi connectivity index (χ1n) is 3.73. The number of furan rings is 1. The van der Waals surface area contributed by atoms with Crippen molar-refractivity contribution in [2.45, 2.75) is 0 Å². The lowest BCUT2D eigenvalue weighted by molar-refractivity contribution is 0.0602. The van der Waals surface area contributed by atoms with Gasteiger partial charge in [-0.1, -0.05) is 0 Å². The summed E-state index contributed by atoms with van der Waals surface area (Å²) >= 11 is 0. The number of nitrogens with zero attached hydrogens (tertiary/aromatic N) is 1. The number of ether oxygens (including phenoxy) is 1. The van der Waals surface area contributed by atoms with Gasteiger partial charge in [0.15, 0.2) is 0 Å². The topological polar surface area (TPSA) is 52.3 Å². The van der Waals surface area contributed by atoms with E-state index in [1.165, 1.54) is 13.4 Å². The Bertz CT molecular complexity index is 447. The van der Waals surface area contributed by atoms with Gasteiger partial charge in [0, 0.05) is 6.20 Å². The lowest BCUT2D eigenvalue weighted by atomic mass is 10.2. The molecule has 66 valence electrons. The third-order valence-electron chi connectivity index (χ3n) is 1.76. The minimum atomic E-state index is -0.410. The molecule has 0 spiro atoms. The van der Waals surface area contributed by atoms with Crippen LogP contribution in [0.2, 0.25) is 0 Å². The van der Waals surface area contributed by atoms with Crippen LogP contribution in [0.15, 0.2) is 29.0 Å². The van der Waals surface area contributed by atoms with Crippen LogP contribution in [0.3, 0.4) is 0 Å². The summed E-state index contributed by atoms with van der Waals surface area (Å²) in [6.07, 6.45) is 2.95. The molecule has 0 aliphatic heterocycles. The van der Waals surface area contributed by atoms with E-state index >= 15 is 0 Å². The number of hydrogen-bond donors (Lipinski definition) is 0. The van der Waals surface area contributed by atoms with Crippen molar-refractivity contribution in [2.24, 2.45) is 0 Å². The summed E-state index contributed by atoms with van der Waals surface area (Å²) in [7, 11) is 1.33. The van der Waals surface area contributed by atoms with Gasteiger partial charge in [-0.2, -0.15) is 0 Å². The second kappa shape index (κ2) is 2.90. The average molecular weight is 177 g/mol. The number of carbonyl (C=O) groups excluding carboxylic acids is 1. The summed E-state index contributed by atoms with van der Waals surface area (Å²) in [6.45, 7) is 0. The number of esters is 1. The summed E-state index contributed by atoms with van der Waals surface area (Å²) in [4.78, 5) is 15.1. The van der Waals surface area contributed by atoms with Crippen molar-refractivity contribution in [3.8, 4) is 0 Å². The Labute approximate surface area is 74.1 Å². The van der Waals surface area contributed by atoms with Gasteiger partial charge in [0.1, 0.15) is 11.8 Å². The van der Waals surface area contributed by atoms with Gasteiger partial charge in [-0.05, 0) is 12.1 Å². The SMILES string of the molecule is COC(=O)c1coc2ncccc12. The van der Waals surface area contributed by atoms with Crippen LogP contribution in [-0.2, 0) is 4.74 Å². The predicted octanol–water partition coefficient (Wildman–Crippen LogP) is 1.61. The Morgan fingerprint density at radius 3 is 3.23 bits per heavy atom. The first-order valence-corrected chi connectivity index (χ1v) is 3.73. The minimum absolute atomic E-state index is 0.408. The summed E-state index contributed by atoms with van der Waals surface area (Å²) in [6, 6.07) is 3.50. The number of methoxy groups -OCH3 is 1. The molecule has 0 bridgehead atoms. The summed E-state index contributed by atoms with van der Waals surface area (Å²) in [5, 5.41) is 0.675. The zero-order valence-corrected chi connectivity index (χ0v) is 6.98. The highest BCUT2D eigenvalue weighted by Gasteiger charge is 2.13. The molecular weight excluding hydrogens is 170 g/mol. The Kier molecular flexibility index (Phi) is 1.73. The fraction of sp³-hybridized carbons (Fsp3) is 0.111. The molecule has 0 aliphatic rings. The number of rotatable bonds is 1. The molecule has 2 aromatic heterocycles. The summed E-state index contributed by atoms with van der Waals surface area (Å²) in [5.74, 6) is -0.410. The molecule has 2 heterocycles. The standard InChI is InChI=1S/C9H7NO3/c1-12-9(11)7-5-13-8-6(7)3-2-4-10-8/h2-5H,1H3. The van der Waals surface area contributed by atoms with Crippen molar-refractivity contribution in [1.82, 2.24) is 4.98 Å². The van der Waals surface area contributed by atoms with Crippen molar-refractivity contribution in [2.75, 3.05) is 7.11 Å². The van der Waals surface area contributed by atoms with Crippen LogP contribution in [0.25, 0.3) is 11.1 Å². The van der Waals surface area contributed by atoms with E-state index in [0.29, 0.717) is 16.7 Å². The number of hydrogen-bond acceptors (Lipinski definition) is 4. The Balaban J connectivity index is 2.64. The molecule has 13 heavy (non-hydrogen) atoms. The van der Waals surface area contributed by atoms with Crippen molar-refractivity contribution >= 4 is 17.1 Å². The van der Waals surface area contributed by atoms with E-state index in [1.54, 1.807) is 18.3 Å².